The number of cyclic esters (lactones) is 1. The van der Waals surface area contributed by atoms with E-state index in [0.29, 0.717) is 11.4 Å². The maximum atomic E-state index is 12.6. The van der Waals surface area contributed by atoms with Crippen LogP contribution in [0.3, 0.4) is 0 Å². The third kappa shape index (κ3) is 4.07. The number of tetrazole rings is 1. The summed E-state index contributed by atoms with van der Waals surface area (Å²) >= 11 is 0. The van der Waals surface area contributed by atoms with E-state index in [1.807, 2.05) is 6.07 Å². The smallest absolute Gasteiger partial charge is 0.337 e. The van der Waals surface area contributed by atoms with Gasteiger partial charge in [0.05, 0.1) is 17.5 Å². The van der Waals surface area contributed by atoms with Crippen LogP contribution in [0.4, 0.5) is 0 Å². The highest BCUT2D eigenvalue weighted by Gasteiger charge is 2.30. The molecular formula is C16H18N4O5S. The number of carbonyl (C=O) groups is 1. The van der Waals surface area contributed by atoms with Crippen molar-refractivity contribution in [2.24, 2.45) is 0 Å². The van der Waals surface area contributed by atoms with Crippen molar-refractivity contribution in [2.45, 2.75) is 37.6 Å². The zero-order valence-corrected chi connectivity index (χ0v) is 15.1. The number of para-hydroxylation sites is 1. The molecule has 0 aliphatic carbocycles. The molecule has 0 amide bonds. The molecule has 0 unspecified atom stereocenters. The number of hydrogen-bond acceptors (Lipinski definition) is 8. The van der Waals surface area contributed by atoms with Crippen LogP contribution in [0.25, 0.3) is 5.69 Å². The molecule has 1 aliphatic heterocycles. The summed E-state index contributed by atoms with van der Waals surface area (Å²) in [7, 11) is -3.71. The van der Waals surface area contributed by atoms with Gasteiger partial charge in [0.1, 0.15) is 5.76 Å². The minimum atomic E-state index is -3.71. The summed E-state index contributed by atoms with van der Waals surface area (Å²) in [5.41, 5.74) is 0.555. The topological polar surface area (TPSA) is 113 Å². The molecule has 0 fully saturated rings. The molecule has 1 aliphatic rings. The highest BCUT2D eigenvalue weighted by molar-refractivity contribution is 7.91. The van der Waals surface area contributed by atoms with Gasteiger partial charge >= 0.3 is 5.97 Å². The fourth-order valence-electron chi connectivity index (χ4n) is 2.52. The van der Waals surface area contributed by atoms with Crippen LogP contribution >= 0.6 is 0 Å². The summed E-state index contributed by atoms with van der Waals surface area (Å²) < 4.78 is 36.9. The first kappa shape index (κ1) is 18.1. The van der Waals surface area contributed by atoms with Gasteiger partial charge in [-0.05, 0) is 29.0 Å². The van der Waals surface area contributed by atoms with Gasteiger partial charge in [0.25, 0.3) is 5.16 Å². The van der Waals surface area contributed by atoms with Gasteiger partial charge in [0, 0.05) is 20.3 Å². The lowest BCUT2D eigenvalue weighted by molar-refractivity contribution is -0.205. The van der Waals surface area contributed by atoms with E-state index in [2.05, 4.69) is 15.5 Å². The van der Waals surface area contributed by atoms with Crippen molar-refractivity contribution >= 4 is 15.8 Å². The molecule has 26 heavy (non-hydrogen) atoms. The molecule has 0 bridgehead atoms. The van der Waals surface area contributed by atoms with Gasteiger partial charge in [0.2, 0.25) is 15.6 Å². The summed E-state index contributed by atoms with van der Waals surface area (Å²) in [6, 6.07) is 8.77. The number of nitrogens with zero attached hydrogens (tertiary/aromatic N) is 4. The van der Waals surface area contributed by atoms with E-state index in [1.54, 1.807) is 38.1 Å². The van der Waals surface area contributed by atoms with E-state index in [9.17, 15) is 13.2 Å². The van der Waals surface area contributed by atoms with Crippen LogP contribution in [0, 0.1) is 0 Å². The molecule has 2 aromatic rings. The first-order valence-electron chi connectivity index (χ1n) is 7.96. The number of aromatic nitrogens is 4. The molecule has 0 radical (unpaired) electrons. The van der Waals surface area contributed by atoms with Crippen molar-refractivity contribution in [1.82, 2.24) is 20.2 Å². The second-order valence-electron chi connectivity index (χ2n) is 6.16. The lowest BCUT2D eigenvalue weighted by Gasteiger charge is -2.30. The molecular weight excluding hydrogens is 360 g/mol. The quantitative estimate of drug-likeness (QED) is 0.693. The van der Waals surface area contributed by atoms with E-state index >= 15 is 0 Å². The maximum Gasteiger partial charge on any atom is 0.337 e. The summed E-state index contributed by atoms with van der Waals surface area (Å²) in [5, 5.41) is 10.7. The standard InChI is InChI=1S/C16H18N4O5S/c1-16(2)24-13(11-14(21)25-16)9-6-10-26(22,23)15-17-18-19-20(15)12-7-4-3-5-8-12/h3-5,7-8,11H,6,9-10H2,1-2H3. The highest BCUT2D eigenvalue weighted by atomic mass is 32.2. The molecule has 3 rings (SSSR count). The number of carbonyl (C=O) groups excluding carboxylic acids is 1. The van der Waals surface area contributed by atoms with Gasteiger partial charge in [0.15, 0.2) is 0 Å². The van der Waals surface area contributed by atoms with E-state index in [-0.39, 0.29) is 23.8 Å². The summed E-state index contributed by atoms with van der Waals surface area (Å²) in [4.78, 5) is 11.5. The molecule has 1 aromatic heterocycles. The lowest BCUT2D eigenvalue weighted by Crippen LogP contribution is -2.34. The van der Waals surface area contributed by atoms with Crippen molar-refractivity contribution in [3.63, 3.8) is 0 Å². The molecule has 0 saturated heterocycles. The van der Waals surface area contributed by atoms with Crippen LogP contribution in [0.1, 0.15) is 26.7 Å². The Kier molecular flexibility index (Phi) is 4.77. The summed E-state index contributed by atoms with van der Waals surface area (Å²) in [6.45, 7) is 3.23. The van der Waals surface area contributed by atoms with Crippen LogP contribution in [0.2, 0.25) is 0 Å². The van der Waals surface area contributed by atoms with Crippen LogP contribution < -0.4 is 0 Å². The van der Waals surface area contributed by atoms with Gasteiger partial charge in [-0.3, -0.25) is 0 Å². The second-order valence-corrected chi connectivity index (χ2v) is 8.17. The van der Waals surface area contributed by atoms with E-state index in [4.69, 9.17) is 9.47 Å². The van der Waals surface area contributed by atoms with E-state index in [1.165, 1.54) is 10.8 Å². The number of benzene rings is 1. The number of ether oxygens (including phenoxy) is 2. The van der Waals surface area contributed by atoms with Crippen molar-refractivity contribution in [1.29, 1.82) is 0 Å². The fourth-order valence-corrected chi connectivity index (χ4v) is 3.80. The van der Waals surface area contributed by atoms with Crippen LogP contribution in [-0.4, -0.2) is 46.1 Å². The molecule has 10 heteroatoms. The van der Waals surface area contributed by atoms with Crippen LogP contribution in [0.5, 0.6) is 0 Å². The number of hydrogen-bond donors (Lipinski definition) is 0. The Morgan fingerprint density at radius 2 is 1.88 bits per heavy atom. The van der Waals surface area contributed by atoms with Gasteiger partial charge < -0.3 is 9.47 Å². The van der Waals surface area contributed by atoms with Crippen molar-refractivity contribution in [2.75, 3.05) is 5.75 Å². The number of esters is 1. The molecule has 2 heterocycles. The van der Waals surface area contributed by atoms with Crippen LogP contribution in [-0.2, 0) is 24.1 Å². The second kappa shape index (κ2) is 6.87. The molecule has 0 atom stereocenters. The van der Waals surface area contributed by atoms with Crippen LogP contribution in [0.15, 0.2) is 47.3 Å². The predicted octanol–water partition coefficient (Wildman–Crippen LogP) is 1.41. The molecule has 138 valence electrons. The van der Waals surface area contributed by atoms with Gasteiger partial charge in [-0.2, -0.15) is 4.68 Å². The SMILES string of the molecule is CC1(C)OC(=O)C=C(CCCS(=O)(=O)c2nnnn2-c2ccccc2)O1. The number of rotatable bonds is 6. The van der Waals surface area contributed by atoms with Crippen molar-refractivity contribution in [3.8, 4) is 5.69 Å². The minimum absolute atomic E-state index is 0.184. The molecule has 1 aromatic carbocycles. The Morgan fingerprint density at radius 3 is 2.58 bits per heavy atom. The van der Waals surface area contributed by atoms with Crippen molar-refractivity contribution in [3.05, 3.63) is 42.2 Å². The monoisotopic (exact) mass is 378 g/mol. The third-order valence-electron chi connectivity index (χ3n) is 3.56. The molecule has 0 saturated carbocycles. The predicted molar refractivity (Wildman–Crippen MR) is 89.8 cm³/mol. The largest absolute Gasteiger partial charge is 0.457 e. The minimum Gasteiger partial charge on any atom is -0.457 e. The first-order chi connectivity index (χ1) is 12.3. The van der Waals surface area contributed by atoms with Gasteiger partial charge in [-0.25, -0.2) is 13.2 Å². The highest BCUT2D eigenvalue weighted by Crippen LogP contribution is 2.25. The number of allylic oxidation sites excluding steroid dienone is 1. The Balaban J connectivity index is 1.70. The Bertz CT molecular complexity index is 935. The zero-order chi connectivity index (χ0) is 18.8. The average Bonchev–Trinajstić information content (AvgIpc) is 3.04. The summed E-state index contributed by atoms with van der Waals surface area (Å²) in [5.74, 6) is -1.36. The Labute approximate surface area is 150 Å². The summed E-state index contributed by atoms with van der Waals surface area (Å²) in [6.07, 6.45) is 1.76. The van der Waals surface area contributed by atoms with Gasteiger partial charge in [-0.15, -0.1) is 0 Å². The molecule has 0 N–H and O–H groups in total. The molecule has 0 spiro atoms. The van der Waals surface area contributed by atoms with E-state index < -0.39 is 21.6 Å². The Morgan fingerprint density at radius 1 is 1.15 bits per heavy atom. The van der Waals surface area contributed by atoms with E-state index in [0.717, 1.165) is 0 Å². The Hall–Kier alpha value is -2.75. The van der Waals surface area contributed by atoms with Gasteiger partial charge in [-0.1, -0.05) is 23.3 Å². The lowest BCUT2D eigenvalue weighted by atomic mass is 10.2. The first-order valence-corrected chi connectivity index (χ1v) is 9.61. The normalized spacial score (nSPS) is 16.5. The molecule has 9 nitrogen and oxygen atoms in total. The maximum absolute atomic E-state index is 12.6. The zero-order valence-electron chi connectivity index (χ0n) is 14.3. The number of sulfone groups is 1. The fraction of sp³-hybridized carbons (Fsp3) is 0.375. The third-order valence-corrected chi connectivity index (χ3v) is 5.20. The van der Waals surface area contributed by atoms with Crippen molar-refractivity contribution < 1.29 is 22.7 Å². The average molecular weight is 378 g/mol.